The maximum atomic E-state index is 14.0. The van der Waals surface area contributed by atoms with Gasteiger partial charge in [0, 0.05) is 12.1 Å². The zero-order chi connectivity index (χ0) is 15.2. The van der Waals surface area contributed by atoms with Gasteiger partial charge in [-0.05, 0) is 23.8 Å². The van der Waals surface area contributed by atoms with Crippen LogP contribution in [0, 0.1) is 5.82 Å². The van der Waals surface area contributed by atoms with E-state index in [0.29, 0.717) is 23.6 Å². The van der Waals surface area contributed by atoms with Crippen molar-refractivity contribution in [3.8, 4) is 17.2 Å². The molecule has 0 aromatic heterocycles. The smallest absolute Gasteiger partial charge is 0.171 e. The second kappa shape index (κ2) is 6.95. The van der Waals surface area contributed by atoms with Crippen LogP contribution >= 0.6 is 0 Å². The van der Waals surface area contributed by atoms with Crippen LogP contribution in [0.15, 0.2) is 36.4 Å². The predicted octanol–water partition coefficient (Wildman–Crippen LogP) is 2.88. The Kier molecular flexibility index (Phi) is 5.00. The largest absolute Gasteiger partial charge is 0.494 e. The van der Waals surface area contributed by atoms with Crippen molar-refractivity contribution in [1.82, 2.24) is 0 Å². The minimum Gasteiger partial charge on any atom is -0.494 e. The summed E-state index contributed by atoms with van der Waals surface area (Å²) in [5.74, 6) is 0.880. The molecule has 0 unspecified atom stereocenters. The standard InChI is InChI=1S/C16H18FNO3/c1-19-13-7-6-11(9-18)8-15(13)21-10-12-4-3-5-14(20-2)16(12)17/h3-8H,9-10,18H2,1-2H3. The van der Waals surface area contributed by atoms with Crippen molar-refractivity contribution >= 4 is 0 Å². The molecule has 0 atom stereocenters. The second-order valence-electron chi connectivity index (χ2n) is 4.41. The normalized spacial score (nSPS) is 10.3. The molecule has 4 nitrogen and oxygen atoms in total. The fraction of sp³-hybridized carbons (Fsp3) is 0.250. The molecule has 0 saturated carbocycles. The quantitative estimate of drug-likeness (QED) is 0.889. The number of halogens is 1. The van der Waals surface area contributed by atoms with Crippen molar-refractivity contribution in [2.75, 3.05) is 14.2 Å². The summed E-state index contributed by atoms with van der Waals surface area (Å²) in [6.07, 6.45) is 0. The van der Waals surface area contributed by atoms with Gasteiger partial charge < -0.3 is 19.9 Å². The SMILES string of the molecule is COc1ccc(CN)cc1OCc1cccc(OC)c1F. The van der Waals surface area contributed by atoms with Crippen molar-refractivity contribution in [1.29, 1.82) is 0 Å². The molecule has 0 bridgehead atoms. The Morgan fingerprint density at radius 1 is 1.00 bits per heavy atom. The predicted molar refractivity (Wildman–Crippen MR) is 78.2 cm³/mol. The highest BCUT2D eigenvalue weighted by Crippen LogP contribution is 2.29. The minimum atomic E-state index is -0.422. The molecule has 0 aliphatic rings. The van der Waals surface area contributed by atoms with Crippen molar-refractivity contribution in [2.45, 2.75) is 13.2 Å². The number of hydrogen-bond acceptors (Lipinski definition) is 4. The fourth-order valence-corrected chi connectivity index (χ4v) is 1.94. The van der Waals surface area contributed by atoms with E-state index >= 15 is 0 Å². The molecule has 0 spiro atoms. The van der Waals surface area contributed by atoms with E-state index in [0.717, 1.165) is 5.56 Å². The maximum Gasteiger partial charge on any atom is 0.171 e. The zero-order valence-corrected chi connectivity index (χ0v) is 12.1. The molecule has 0 aliphatic carbocycles. The number of methoxy groups -OCH3 is 2. The molecule has 2 aromatic carbocycles. The Bertz CT molecular complexity index is 616. The summed E-state index contributed by atoms with van der Waals surface area (Å²) in [5, 5.41) is 0. The monoisotopic (exact) mass is 291 g/mol. The molecule has 0 saturated heterocycles. The summed E-state index contributed by atoms with van der Waals surface area (Å²) >= 11 is 0. The first-order valence-electron chi connectivity index (χ1n) is 6.50. The van der Waals surface area contributed by atoms with Gasteiger partial charge in [0.05, 0.1) is 14.2 Å². The van der Waals surface area contributed by atoms with Gasteiger partial charge in [-0.1, -0.05) is 18.2 Å². The Balaban J connectivity index is 2.20. The van der Waals surface area contributed by atoms with Gasteiger partial charge in [0.25, 0.3) is 0 Å². The number of rotatable bonds is 6. The summed E-state index contributed by atoms with van der Waals surface area (Å²) in [4.78, 5) is 0. The zero-order valence-electron chi connectivity index (χ0n) is 12.1. The second-order valence-corrected chi connectivity index (χ2v) is 4.41. The fourth-order valence-electron chi connectivity index (χ4n) is 1.94. The summed E-state index contributed by atoms with van der Waals surface area (Å²) < 4.78 is 29.9. The van der Waals surface area contributed by atoms with Gasteiger partial charge in [0.15, 0.2) is 23.1 Å². The molecular weight excluding hydrogens is 273 g/mol. The number of benzene rings is 2. The van der Waals surface area contributed by atoms with Crippen molar-refractivity contribution in [2.24, 2.45) is 5.73 Å². The first kappa shape index (κ1) is 15.1. The topological polar surface area (TPSA) is 53.7 Å². The molecule has 2 aromatic rings. The van der Waals surface area contributed by atoms with E-state index in [1.165, 1.54) is 7.11 Å². The van der Waals surface area contributed by atoms with E-state index in [1.54, 1.807) is 37.4 Å². The lowest BCUT2D eigenvalue weighted by molar-refractivity contribution is 0.277. The third-order valence-electron chi connectivity index (χ3n) is 3.11. The van der Waals surface area contributed by atoms with Gasteiger partial charge in [-0.3, -0.25) is 0 Å². The Labute approximate surface area is 123 Å². The first-order valence-corrected chi connectivity index (χ1v) is 6.50. The molecule has 21 heavy (non-hydrogen) atoms. The molecule has 0 heterocycles. The van der Waals surface area contributed by atoms with Crippen molar-refractivity contribution in [3.05, 3.63) is 53.3 Å². The molecule has 2 rings (SSSR count). The highest BCUT2D eigenvalue weighted by Gasteiger charge is 2.11. The summed E-state index contributed by atoms with van der Waals surface area (Å²) in [7, 11) is 2.98. The average Bonchev–Trinajstić information content (AvgIpc) is 2.53. The molecule has 0 aliphatic heterocycles. The van der Waals surface area contributed by atoms with Crippen LogP contribution in [-0.4, -0.2) is 14.2 Å². The molecule has 2 N–H and O–H groups in total. The average molecular weight is 291 g/mol. The van der Waals surface area contributed by atoms with Crippen LogP contribution in [0.2, 0.25) is 0 Å². The molecular formula is C16H18FNO3. The highest BCUT2D eigenvalue weighted by atomic mass is 19.1. The lowest BCUT2D eigenvalue weighted by Crippen LogP contribution is -2.03. The Morgan fingerprint density at radius 2 is 1.76 bits per heavy atom. The van der Waals surface area contributed by atoms with Crippen LogP contribution in [-0.2, 0) is 13.2 Å². The summed E-state index contributed by atoms with van der Waals surface area (Å²) in [5.41, 5.74) is 6.93. The first-order chi connectivity index (χ1) is 10.2. The van der Waals surface area contributed by atoms with Crippen LogP contribution in [0.1, 0.15) is 11.1 Å². The Hall–Kier alpha value is -2.27. The van der Waals surface area contributed by atoms with Crippen LogP contribution in [0.25, 0.3) is 0 Å². The third-order valence-corrected chi connectivity index (χ3v) is 3.11. The molecule has 0 fully saturated rings. The summed E-state index contributed by atoms with van der Waals surface area (Å²) in [6.45, 7) is 0.474. The van der Waals surface area contributed by atoms with Gasteiger partial charge in [-0.2, -0.15) is 0 Å². The van der Waals surface area contributed by atoms with Crippen LogP contribution < -0.4 is 19.9 Å². The lowest BCUT2D eigenvalue weighted by Gasteiger charge is -2.13. The van der Waals surface area contributed by atoms with Gasteiger partial charge in [0.1, 0.15) is 6.61 Å². The maximum absolute atomic E-state index is 14.0. The van der Waals surface area contributed by atoms with Gasteiger partial charge >= 0.3 is 0 Å². The lowest BCUT2D eigenvalue weighted by atomic mass is 10.2. The molecule has 0 radical (unpaired) electrons. The number of ether oxygens (including phenoxy) is 3. The van der Waals surface area contributed by atoms with Crippen LogP contribution in [0.5, 0.6) is 17.2 Å². The third kappa shape index (κ3) is 3.44. The molecule has 5 heteroatoms. The van der Waals surface area contributed by atoms with Crippen molar-refractivity contribution < 1.29 is 18.6 Å². The van der Waals surface area contributed by atoms with E-state index in [-0.39, 0.29) is 12.4 Å². The molecule has 112 valence electrons. The molecule has 0 amide bonds. The highest BCUT2D eigenvalue weighted by molar-refractivity contribution is 5.43. The van der Waals surface area contributed by atoms with Crippen molar-refractivity contribution in [3.63, 3.8) is 0 Å². The number of hydrogen-bond donors (Lipinski definition) is 1. The summed E-state index contributed by atoms with van der Waals surface area (Å²) in [6, 6.07) is 10.4. The van der Waals surface area contributed by atoms with Gasteiger partial charge in [-0.25, -0.2) is 4.39 Å². The van der Waals surface area contributed by atoms with E-state index in [2.05, 4.69) is 0 Å². The van der Waals surface area contributed by atoms with Crippen LogP contribution in [0.3, 0.4) is 0 Å². The minimum absolute atomic E-state index is 0.0768. The van der Waals surface area contributed by atoms with Gasteiger partial charge in [-0.15, -0.1) is 0 Å². The van der Waals surface area contributed by atoms with E-state index in [1.807, 2.05) is 6.07 Å². The van der Waals surface area contributed by atoms with E-state index < -0.39 is 5.82 Å². The van der Waals surface area contributed by atoms with E-state index in [4.69, 9.17) is 19.9 Å². The van der Waals surface area contributed by atoms with Gasteiger partial charge in [0.2, 0.25) is 0 Å². The Morgan fingerprint density at radius 3 is 2.43 bits per heavy atom. The van der Waals surface area contributed by atoms with Crippen LogP contribution in [0.4, 0.5) is 4.39 Å². The van der Waals surface area contributed by atoms with E-state index in [9.17, 15) is 4.39 Å². The number of nitrogens with two attached hydrogens (primary N) is 1.